The predicted octanol–water partition coefficient (Wildman–Crippen LogP) is 3.71. The SMILES string of the molecule is CCCCCC(OC(=O)C[N+](C)(C)C)C(O)C/C=C/CCCCCCCC(=O)OCC(COC(=O)CCCCCCC/C=C/CC(O)C(CCCCC)OC(=O)C[N+](C)(C)C)OC(=O)CCCCCCC/C=C/CC(O)C(CCCCC)OC(=O)C[N+](C)(C)C.[Br-].[Br-].[Br-]. The molecule has 0 amide bonds. The first-order valence-corrected chi connectivity index (χ1v) is 35.2. The molecule has 6 atom stereocenters. The molecule has 0 aliphatic carbocycles. The minimum Gasteiger partial charge on any atom is -1.00 e. The molecule has 18 nitrogen and oxygen atoms in total. The van der Waals surface area contributed by atoms with Gasteiger partial charge in [0.15, 0.2) is 25.7 Å². The third-order valence-electron chi connectivity index (χ3n) is 15.3. The van der Waals surface area contributed by atoms with Crippen LogP contribution < -0.4 is 50.9 Å². The number of carbonyl (C=O) groups excluding carboxylic acids is 6. The lowest BCUT2D eigenvalue weighted by Crippen LogP contribution is -3.00. The van der Waals surface area contributed by atoms with Gasteiger partial charge in [-0.1, -0.05) is 154 Å². The molecule has 0 radical (unpaired) electrons. The van der Waals surface area contributed by atoms with Crippen molar-refractivity contribution in [3.63, 3.8) is 0 Å². The number of aliphatic hydroxyl groups excluding tert-OH is 3. The number of allylic oxidation sites excluding steroid dienone is 3. The van der Waals surface area contributed by atoms with Gasteiger partial charge < -0.3 is 108 Å². The van der Waals surface area contributed by atoms with Gasteiger partial charge in [-0.25, -0.2) is 14.4 Å². The van der Waals surface area contributed by atoms with E-state index in [-0.39, 0.29) is 121 Å². The number of rotatable bonds is 59. The summed E-state index contributed by atoms with van der Waals surface area (Å²) in [6, 6.07) is 0. The molecule has 3 N–H and O–H groups in total. The molecular weight excluding hydrogens is 1390 g/mol. The summed E-state index contributed by atoms with van der Waals surface area (Å²) in [5, 5.41) is 32.7. The predicted molar refractivity (Wildman–Crippen MR) is 359 cm³/mol. The fourth-order valence-electron chi connectivity index (χ4n) is 10.1. The Balaban J connectivity index is -0.0000132. The van der Waals surface area contributed by atoms with Gasteiger partial charge >= 0.3 is 35.8 Å². The molecule has 548 valence electrons. The molecule has 0 aliphatic heterocycles. The van der Waals surface area contributed by atoms with Crippen molar-refractivity contribution in [3.05, 3.63) is 36.5 Å². The molecule has 0 saturated carbocycles. The van der Waals surface area contributed by atoms with Crippen LogP contribution in [0.4, 0.5) is 0 Å². The van der Waals surface area contributed by atoms with Crippen LogP contribution in [0.3, 0.4) is 0 Å². The van der Waals surface area contributed by atoms with Gasteiger partial charge in [-0.2, -0.15) is 0 Å². The Morgan fingerprint density at radius 1 is 0.323 bits per heavy atom. The van der Waals surface area contributed by atoms with Crippen molar-refractivity contribution in [1.82, 2.24) is 0 Å². The van der Waals surface area contributed by atoms with Crippen LogP contribution >= 0.6 is 0 Å². The van der Waals surface area contributed by atoms with Crippen molar-refractivity contribution in [2.45, 2.75) is 295 Å². The summed E-state index contributed by atoms with van der Waals surface area (Å²) in [7, 11) is 17.4. The maximum atomic E-state index is 13.1. The minimum atomic E-state index is -0.926. The Morgan fingerprint density at radius 3 is 0.849 bits per heavy atom. The van der Waals surface area contributed by atoms with Crippen molar-refractivity contribution >= 4 is 35.8 Å². The van der Waals surface area contributed by atoms with E-state index in [0.717, 1.165) is 154 Å². The highest BCUT2D eigenvalue weighted by atomic mass is 79.9. The molecule has 0 aromatic carbocycles. The van der Waals surface area contributed by atoms with Crippen LogP contribution in [-0.4, -0.2) is 204 Å². The maximum Gasteiger partial charge on any atom is 0.362 e. The molecule has 0 rings (SSSR count). The van der Waals surface area contributed by atoms with E-state index in [1.165, 1.54) is 0 Å². The molecule has 0 bridgehead atoms. The van der Waals surface area contributed by atoms with Crippen LogP contribution in [0.2, 0.25) is 0 Å². The van der Waals surface area contributed by atoms with Crippen molar-refractivity contribution < 1.29 is 137 Å². The molecule has 93 heavy (non-hydrogen) atoms. The van der Waals surface area contributed by atoms with Gasteiger partial charge in [-0.15, -0.1) is 0 Å². The molecule has 0 heterocycles. The number of carbonyl (C=O) groups is 6. The Bertz CT molecular complexity index is 1880. The number of halogens is 3. The van der Waals surface area contributed by atoms with Crippen LogP contribution in [0.15, 0.2) is 36.5 Å². The Hall–Kier alpha value is -2.76. The quantitative estimate of drug-likeness (QED) is 0.0260. The van der Waals surface area contributed by atoms with E-state index in [1.54, 1.807) is 0 Å². The fraction of sp³-hybridized carbons (Fsp3) is 0.833. The first kappa shape index (κ1) is 96.6. The second kappa shape index (κ2) is 60.4. The lowest BCUT2D eigenvalue weighted by molar-refractivity contribution is -0.862. The number of hydrogen-bond acceptors (Lipinski definition) is 15. The first-order valence-electron chi connectivity index (χ1n) is 35.2. The van der Waals surface area contributed by atoms with Crippen LogP contribution in [0.5, 0.6) is 0 Å². The summed E-state index contributed by atoms with van der Waals surface area (Å²) >= 11 is 0. The van der Waals surface area contributed by atoms with E-state index in [9.17, 15) is 44.1 Å². The summed E-state index contributed by atoms with van der Waals surface area (Å²) in [4.78, 5) is 76.4. The number of esters is 6. The fourth-order valence-corrected chi connectivity index (χ4v) is 10.1. The van der Waals surface area contributed by atoms with Gasteiger partial charge in [0.25, 0.3) is 0 Å². The number of aliphatic hydroxyl groups is 3. The lowest BCUT2D eigenvalue weighted by Gasteiger charge is -2.26. The first-order chi connectivity index (χ1) is 42.7. The zero-order valence-corrected chi connectivity index (χ0v) is 65.0. The molecule has 6 unspecified atom stereocenters. The average molecular weight is 1520 g/mol. The van der Waals surface area contributed by atoms with E-state index in [0.29, 0.717) is 71.2 Å². The van der Waals surface area contributed by atoms with Gasteiger partial charge in [-0.3, -0.25) is 14.4 Å². The average Bonchev–Trinajstić information content (AvgIpc) is 2.88. The summed E-state index contributed by atoms with van der Waals surface area (Å²) in [5.41, 5.74) is 0. The number of nitrogens with zero attached hydrogens (tertiary/aromatic N) is 3. The van der Waals surface area contributed by atoms with E-state index in [1.807, 2.05) is 81.7 Å². The van der Waals surface area contributed by atoms with Crippen molar-refractivity contribution in [2.24, 2.45) is 0 Å². The topological polar surface area (TPSA) is 218 Å². The number of unbranched alkanes of at least 4 members (excludes halogenated alkanes) is 21. The zero-order chi connectivity index (χ0) is 67.5. The molecule has 0 aromatic heterocycles. The maximum absolute atomic E-state index is 13.1. The van der Waals surface area contributed by atoms with E-state index in [4.69, 9.17) is 28.4 Å². The Labute approximate surface area is 596 Å². The van der Waals surface area contributed by atoms with Crippen molar-refractivity contribution in [3.8, 4) is 0 Å². The summed E-state index contributed by atoms with van der Waals surface area (Å²) < 4.78 is 35.5. The second-order valence-corrected chi connectivity index (χ2v) is 28.1. The van der Waals surface area contributed by atoms with Crippen LogP contribution in [0.1, 0.15) is 252 Å². The number of ether oxygens (including phenoxy) is 6. The standard InChI is InChI=1S/C72H134N3O15.3BrH/c1-13-16-37-49-64(88-70(82)55-73(4,5)6)61(76)46-40-31-25-19-22-28-34-43-52-67(79)85-58-60(87-69(81)54-45-36-30-24-21-27-33-42-48-63(78)66(51-39-18-15-3)90-72(84)57-75(10,11)12)59-86-68(80)53-44-35-29-23-20-26-32-41-47-62(77)65(50-38-17-14-2)89-71(83)56-74(7,8)9;;;/h31-33,40-42,60-66,76-78H,13-30,34-39,43-59H2,1-12H3;3*1H/q+3;;;/p-3/b40-31+,41-32+,42-33+;;;. The molecule has 0 aliphatic rings. The second-order valence-electron chi connectivity index (χ2n) is 28.1. The third-order valence-corrected chi connectivity index (χ3v) is 15.3. The van der Waals surface area contributed by atoms with E-state index < -0.39 is 60.6 Å². The smallest absolute Gasteiger partial charge is 0.362 e. The summed E-state index contributed by atoms with van der Waals surface area (Å²) in [5.74, 6) is -2.13. The summed E-state index contributed by atoms with van der Waals surface area (Å²) in [6.45, 7) is 6.67. The number of quaternary nitrogens is 3. The van der Waals surface area contributed by atoms with E-state index >= 15 is 0 Å². The Morgan fingerprint density at radius 2 is 0.581 bits per heavy atom. The highest BCUT2D eigenvalue weighted by Crippen LogP contribution is 2.20. The molecule has 0 aromatic rings. The molecule has 0 saturated heterocycles. The van der Waals surface area contributed by atoms with Gasteiger partial charge in [0.1, 0.15) is 31.5 Å². The molecule has 0 spiro atoms. The van der Waals surface area contributed by atoms with Crippen molar-refractivity contribution in [1.29, 1.82) is 0 Å². The van der Waals surface area contributed by atoms with Gasteiger partial charge in [0.2, 0.25) is 0 Å². The van der Waals surface area contributed by atoms with Crippen LogP contribution in [-0.2, 0) is 57.2 Å². The molecule has 21 heteroatoms. The zero-order valence-electron chi connectivity index (χ0n) is 60.2. The molecular formula is C72H134Br3N3O15. The van der Waals surface area contributed by atoms with Gasteiger partial charge in [0, 0.05) is 19.3 Å². The highest BCUT2D eigenvalue weighted by molar-refractivity contribution is 5.72. The minimum absolute atomic E-state index is 0. The van der Waals surface area contributed by atoms with Gasteiger partial charge in [-0.05, 0) is 116 Å². The van der Waals surface area contributed by atoms with Gasteiger partial charge in [0.05, 0.1) is 81.7 Å². The lowest BCUT2D eigenvalue weighted by atomic mass is 10.0. The van der Waals surface area contributed by atoms with Crippen LogP contribution in [0, 0.1) is 0 Å². The van der Waals surface area contributed by atoms with Crippen LogP contribution in [0.25, 0.3) is 0 Å². The Kier molecular flexibility index (Phi) is 62.8. The van der Waals surface area contributed by atoms with E-state index in [2.05, 4.69) is 39.0 Å². The van der Waals surface area contributed by atoms with Crippen molar-refractivity contribution in [2.75, 3.05) is 96.3 Å². The third kappa shape index (κ3) is 62.5. The monoisotopic (exact) mass is 1520 g/mol. The summed E-state index contributed by atoms with van der Waals surface area (Å²) in [6.07, 6.45) is 35.8. The highest BCUT2D eigenvalue weighted by Gasteiger charge is 2.28. The number of likely N-dealkylation sites (N-methyl/N-ethyl adjacent to an activating group) is 3. The normalized spacial score (nSPS) is 14.2. The largest absolute Gasteiger partial charge is 1.00 e. The number of hydrogen-bond donors (Lipinski definition) is 3. The molecule has 0 fully saturated rings.